The van der Waals surface area contributed by atoms with E-state index in [9.17, 15) is 4.79 Å². The maximum absolute atomic E-state index is 11.6. The normalized spacial score (nSPS) is 15.3. The highest BCUT2D eigenvalue weighted by Crippen LogP contribution is 2.28. The van der Waals surface area contributed by atoms with E-state index in [1.54, 1.807) is 24.3 Å². The van der Waals surface area contributed by atoms with E-state index in [1.165, 1.54) is 19.3 Å². The second kappa shape index (κ2) is 7.52. The fraction of sp³-hybridized carbons (Fsp3) is 0.467. The van der Waals surface area contributed by atoms with Gasteiger partial charge in [-0.05, 0) is 36.6 Å². The Morgan fingerprint density at radius 2 is 2.10 bits per heavy atom. The highest BCUT2D eigenvalue weighted by atomic mass is 16.5. The summed E-state index contributed by atoms with van der Waals surface area (Å²) in [7, 11) is 0. The first kappa shape index (κ1) is 15.2. The molecular formula is C15H21N3O3. The molecule has 0 unspecified atom stereocenters. The quantitative estimate of drug-likeness (QED) is 0.307. The number of carbonyl (C=O) groups is 1. The lowest BCUT2D eigenvalue weighted by Crippen LogP contribution is -2.31. The van der Waals surface area contributed by atoms with Gasteiger partial charge in [-0.25, -0.2) is 0 Å². The Morgan fingerprint density at radius 1 is 1.38 bits per heavy atom. The standard InChI is InChI=1S/C15H21N3O3/c16-15(18-20)12-4-6-13(7-5-12)21-10-14(19)17-9-8-11-2-1-3-11/h4-7,11,20H,1-3,8-10H2,(H2,16,18)(H,17,19). The predicted molar refractivity (Wildman–Crippen MR) is 79.4 cm³/mol. The van der Waals surface area contributed by atoms with Gasteiger partial charge in [-0.1, -0.05) is 24.4 Å². The lowest BCUT2D eigenvalue weighted by Gasteiger charge is -2.25. The number of hydrogen-bond donors (Lipinski definition) is 3. The third-order valence-corrected chi connectivity index (χ3v) is 3.73. The molecule has 0 spiro atoms. The third kappa shape index (κ3) is 4.66. The van der Waals surface area contributed by atoms with Crippen LogP contribution in [0.3, 0.4) is 0 Å². The number of ether oxygens (including phenoxy) is 1. The molecule has 1 fully saturated rings. The number of nitrogens with two attached hydrogens (primary N) is 1. The zero-order chi connectivity index (χ0) is 15.1. The molecule has 1 saturated carbocycles. The van der Waals surface area contributed by atoms with Crippen molar-refractivity contribution in [3.63, 3.8) is 0 Å². The molecule has 6 heteroatoms. The molecule has 1 aromatic rings. The lowest BCUT2D eigenvalue weighted by molar-refractivity contribution is -0.123. The van der Waals surface area contributed by atoms with E-state index >= 15 is 0 Å². The van der Waals surface area contributed by atoms with Crippen LogP contribution in [0.4, 0.5) is 0 Å². The van der Waals surface area contributed by atoms with Gasteiger partial charge in [0.1, 0.15) is 5.75 Å². The number of carbonyl (C=O) groups excluding carboxylic acids is 1. The number of benzene rings is 1. The fourth-order valence-corrected chi connectivity index (χ4v) is 2.18. The lowest BCUT2D eigenvalue weighted by atomic mass is 9.83. The molecule has 1 aromatic carbocycles. The number of nitrogens with zero attached hydrogens (tertiary/aromatic N) is 1. The van der Waals surface area contributed by atoms with Crippen molar-refractivity contribution >= 4 is 11.7 Å². The summed E-state index contributed by atoms with van der Waals surface area (Å²) in [5.74, 6) is 1.28. The van der Waals surface area contributed by atoms with E-state index in [4.69, 9.17) is 15.7 Å². The van der Waals surface area contributed by atoms with E-state index in [1.807, 2.05) is 0 Å². The summed E-state index contributed by atoms with van der Waals surface area (Å²) in [6, 6.07) is 6.68. The minimum atomic E-state index is -0.116. The zero-order valence-electron chi connectivity index (χ0n) is 11.9. The van der Waals surface area contributed by atoms with Gasteiger partial charge in [0.25, 0.3) is 5.91 Å². The first-order valence-electron chi connectivity index (χ1n) is 7.16. The number of nitrogens with one attached hydrogen (secondary N) is 1. The van der Waals surface area contributed by atoms with E-state index in [-0.39, 0.29) is 18.3 Å². The first-order chi connectivity index (χ1) is 10.2. The first-order valence-corrected chi connectivity index (χ1v) is 7.16. The van der Waals surface area contributed by atoms with Crippen molar-refractivity contribution < 1.29 is 14.7 Å². The van der Waals surface area contributed by atoms with Crippen LogP contribution in [0.25, 0.3) is 0 Å². The van der Waals surface area contributed by atoms with Gasteiger partial charge < -0.3 is 21.0 Å². The topological polar surface area (TPSA) is 96.9 Å². The molecule has 6 nitrogen and oxygen atoms in total. The molecule has 114 valence electrons. The average Bonchev–Trinajstić information content (AvgIpc) is 2.47. The van der Waals surface area contributed by atoms with Gasteiger partial charge in [0.15, 0.2) is 12.4 Å². The second-order valence-corrected chi connectivity index (χ2v) is 5.23. The highest BCUT2D eigenvalue weighted by Gasteiger charge is 2.16. The van der Waals surface area contributed by atoms with Gasteiger partial charge in [-0.2, -0.15) is 0 Å². The molecule has 1 aliphatic carbocycles. The molecule has 0 bridgehead atoms. The minimum Gasteiger partial charge on any atom is -0.484 e. The number of rotatable bonds is 7. The van der Waals surface area contributed by atoms with Crippen molar-refractivity contribution in [1.29, 1.82) is 0 Å². The summed E-state index contributed by atoms with van der Waals surface area (Å²) in [4.78, 5) is 11.6. The summed E-state index contributed by atoms with van der Waals surface area (Å²) in [6.07, 6.45) is 4.96. The van der Waals surface area contributed by atoms with Gasteiger partial charge in [0.2, 0.25) is 0 Å². The molecule has 2 rings (SSSR count). The van der Waals surface area contributed by atoms with Crippen LogP contribution in [-0.2, 0) is 4.79 Å². The predicted octanol–water partition coefficient (Wildman–Crippen LogP) is 1.47. The van der Waals surface area contributed by atoms with E-state index in [2.05, 4.69) is 10.5 Å². The third-order valence-electron chi connectivity index (χ3n) is 3.73. The van der Waals surface area contributed by atoms with E-state index in [0.717, 1.165) is 18.9 Å². The van der Waals surface area contributed by atoms with Crippen LogP contribution in [0.2, 0.25) is 0 Å². The van der Waals surface area contributed by atoms with Gasteiger partial charge >= 0.3 is 0 Å². The van der Waals surface area contributed by atoms with Crippen molar-refractivity contribution in [1.82, 2.24) is 5.32 Å². The van der Waals surface area contributed by atoms with E-state index in [0.29, 0.717) is 11.3 Å². The molecule has 0 heterocycles. The van der Waals surface area contributed by atoms with Crippen LogP contribution in [0, 0.1) is 5.92 Å². The van der Waals surface area contributed by atoms with Crippen molar-refractivity contribution in [2.24, 2.45) is 16.8 Å². The van der Waals surface area contributed by atoms with Gasteiger partial charge in [-0.15, -0.1) is 0 Å². The number of hydrogen-bond acceptors (Lipinski definition) is 4. The molecule has 21 heavy (non-hydrogen) atoms. The summed E-state index contributed by atoms with van der Waals surface area (Å²) < 4.78 is 5.38. The zero-order valence-corrected chi connectivity index (χ0v) is 11.9. The van der Waals surface area contributed by atoms with Crippen LogP contribution in [0.15, 0.2) is 29.4 Å². The molecule has 0 saturated heterocycles. The van der Waals surface area contributed by atoms with Crippen LogP contribution in [-0.4, -0.2) is 30.1 Å². The monoisotopic (exact) mass is 291 g/mol. The molecule has 1 amide bonds. The van der Waals surface area contributed by atoms with Crippen molar-refractivity contribution in [3.8, 4) is 5.75 Å². The summed E-state index contributed by atoms with van der Waals surface area (Å²) >= 11 is 0. The van der Waals surface area contributed by atoms with Crippen LogP contribution in [0.1, 0.15) is 31.2 Å². The van der Waals surface area contributed by atoms with Crippen molar-refractivity contribution in [2.75, 3.05) is 13.2 Å². The molecular weight excluding hydrogens is 270 g/mol. The SMILES string of the molecule is N/C(=N/O)c1ccc(OCC(=O)NCCC2CCC2)cc1. The van der Waals surface area contributed by atoms with E-state index < -0.39 is 0 Å². The molecule has 0 aromatic heterocycles. The van der Waals surface area contributed by atoms with Crippen molar-refractivity contribution in [3.05, 3.63) is 29.8 Å². The Balaban J connectivity index is 1.68. The number of oxime groups is 1. The molecule has 0 atom stereocenters. The molecule has 1 aliphatic rings. The minimum absolute atomic E-state index is 0.00636. The Labute approximate surface area is 124 Å². The Bertz CT molecular complexity index is 495. The molecule has 0 aliphatic heterocycles. The van der Waals surface area contributed by atoms with Crippen LogP contribution in [0.5, 0.6) is 5.75 Å². The van der Waals surface area contributed by atoms with Crippen molar-refractivity contribution in [2.45, 2.75) is 25.7 Å². The number of amides is 1. The van der Waals surface area contributed by atoms with Gasteiger partial charge in [-0.3, -0.25) is 4.79 Å². The Kier molecular flexibility index (Phi) is 5.43. The fourth-order valence-electron chi connectivity index (χ4n) is 2.18. The molecule has 0 radical (unpaired) electrons. The average molecular weight is 291 g/mol. The number of amidine groups is 1. The maximum Gasteiger partial charge on any atom is 0.257 e. The Morgan fingerprint density at radius 3 is 2.67 bits per heavy atom. The highest BCUT2D eigenvalue weighted by molar-refractivity contribution is 5.97. The van der Waals surface area contributed by atoms with Gasteiger partial charge in [0.05, 0.1) is 0 Å². The summed E-state index contributed by atoms with van der Waals surface area (Å²) in [6.45, 7) is 0.711. The molecule has 4 N–H and O–H groups in total. The van der Waals surface area contributed by atoms with Crippen LogP contribution < -0.4 is 15.8 Å². The Hall–Kier alpha value is -2.24. The summed E-state index contributed by atoms with van der Waals surface area (Å²) in [5.41, 5.74) is 6.05. The van der Waals surface area contributed by atoms with Gasteiger partial charge in [0, 0.05) is 12.1 Å². The smallest absolute Gasteiger partial charge is 0.257 e. The summed E-state index contributed by atoms with van der Waals surface area (Å²) in [5, 5.41) is 14.3. The largest absolute Gasteiger partial charge is 0.484 e. The second-order valence-electron chi connectivity index (χ2n) is 5.23. The van der Waals surface area contributed by atoms with Crippen LogP contribution >= 0.6 is 0 Å². The maximum atomic E-state index is 11.6.